The minimum Gasteiger partial charge on any atom is -0.507 e. The van der Waals surface area contributed by atoms with E-state index < -0.39 is 10.0 Å². The van der Waals surface area contributed by atoms with Crippen molar-refractivity contribution in [3.05, 3.63) is 24.3 Å². The van der Waals surface area contributed by atoms with Crippen molar-refractivity contribution < 1.29 is 13.5 Å². The summed E-state index contributed by atoms with van der Waals surface area (Å²) in [6, 6.07) is 6.12. The number of nitrogens with one attached hydrogen (secondary N) is 1. The Morgan fingerprint density at radius 1 is 1.17 bits per heavy atom. The van der Waals surface area contributed by atoms with Gasteiger partial charge >= 0.3 is 0 Å². The van der Waals surface area contributed by atoms with Gasteiger partial charge in [-0.1, -0.05) is 18.6 Å². The Hall–Kier alpha value is -1.07. The lowest BCUT2D eigenvalue weighted by Crippen LogP contribution is -2.38. The van der Waals surface area contributed by atoms with Crippen molar-refractivity contribution in [2.45, 2.75) is 36.6 Å². The van der Waals surface area contributed by atoms with Crippen LogP contribution in [0.25, 0.3) is 0 Å². The van der Waals surface area contributed by atoms with Crippen molar-refractivity contribution in [3.63, 3.8) is 0 Å². The molecule has 0 aromatic heterocycles. The third-order valence-corrected chi connectivity index (χ3v) is 5.74. The van der Waals surface area contributed by atoms with Gasteiger partial charge < -0.3 is 5.11 Å². The van der Waals surface area contributed by atoms with E-state index in [1.807, 2.05) is 0 Å². The zero-order chi connectivity index (χ0) is 12.8. The number of rotatable bonds is 3. The first kappa shape index (κ1) is 12.0. The number of para-hydroxylation sites is 1. The molecule has 2 aliphatic carbocycles. The van der Waals surface area contributed by atoms with E-state index in [2.05, 4.69) is 4.72 Å². The van der Waals surface area contributed by atoms with Crippen LogP contribution in [-0.2, 0) is 10.0 Å². The van der Waals surface area contributed by atoms with Gasteiger partial charge in [-0.25, -0.2) is 13.1 Å². The lowest BCUT2D eigenvalue weighted by Gasteiger charge is -2.22. The summed E-state index contributed by atoms with van der Waals surface area (Å²) in [5.41, 5.74) is 0. The van der Waals surface area contributed by atoms with E-state index in [4.69, 9.17) is 0 Å². The third-order valence-electron chi connectivity index (χ3n) is 4.20. The normalized spacial score (nSPS) is 30.8. The molecule has 3 unspecified atom stereocenters. The first-order valence-electron chi connectivity index (χ1n) is 6.36. The SMILES string of the molecule is O=S(=O)(NC1CC2CCC1C2)c1ccccc1O. The van der Waals surface area contributed by atoms with E-state index in [1.165, 1.54) is 18.6 Å². The van der Waals surface area contributed by atoms with Crippen LogP contribution in [0.5, 0.6) is 5.75 Å². The van der Waals surface area contributed by atoms with Crippen LogP contribution in [0.2, 0.25) is 0 Å². The summed E-state index contributed by atoms with van der Waals surface area (Å²) in [6.07, 6.45) is 4.45. The highest BCUT2D eigenvalue weighted by molar-refractivity contribution is 7.89. The molecule has 2 saturated carbocycles. The van der Waals surface area contributed by atoms with Crippen molar-refractivity contribution in [1.29, 1.82) is 0 Å². The molecule has 0 aliphatic heterocycles. The van der Waals surface area contributed by atoms with Gasteiger partial charge in [0.2, 0.25) is 10.0 Å². The molecule has 2 aliphatic rings. The average molecular weight is 267 g/mol. The summed E-state index contributed by atoms with van der Waals surface area (Å²) < 4.78 is 27.2. The Bertz CT molecular complexity index is 555. The maximum absolute atomic E-state index is 12.2. The van der Waals surface area contributed by atoms with Crippen LogP contribution < -0.4 is 4.72 Å². The topological polar surface area (TPSA) is 66.4 Å². The first-order valence-corrected chi connectivity index (χ1v) is 7.85. The van der Waals surface area contributed by atoms with E-state index >= 15 is 0 Å². The second-order valence-electron chi connectivity index (χ2n) is 5.37. The minimum absolute atomic E-state index is 0.0206. The third kappa shape index (κ3) is 2.01. The highest BCUT2D eigenvalue weighted by Gasteiger charge is 2.41. The van der Waals surface area contributed by atoms with Crippen LogP contribution in [0.4, 0.5) is 0 Å². The monoisotopic (exact) mass is 267 g/mol. The summed E-state index contributed by atoms with van der Waals surface area (Å²) in [7, 11) is -3.60. The Balaban J connectivity index is 1.82. The van der Waals surface area contributed by atoms with E-state index in [0.29, 0.717) is 11.8 Å². The number of hydrogen-bond donors (Lipinski definition) is 2. The zero-order valence-corrected chi connectivity index (χ0v) is 10.9. The number of fused-ring (bicyclic) bond motifs is 2. The fraction of sp³-hybridized carbons (Fsp3) is 0.538. The van der Waals surface area contributed by atoms with E-state index in [1.54, 1.807) is 12.1 Å². The molecule has 2 N–H and O–H groups in total. The molecular formula is C13H17NO3S. The lowest BCUT2D eigenvalue weighted by molar-refractivity contribution is 0.389. The van der Waals surface area contributed by atoms with Gasteiger partial charge in [0, 0.05) is 6.04 Å². The maximum Gasteiger partial charge on any atom is 0.244 e. The predicted octanol–water partition coefficient (Wildman–Crippen LogP) is 1.86. The van der Waals surface area contributed by atoms with Gasteiger partial charge in [0.15, 0.2) is 0 Å². The van der Waals surface area contributed by atoms with Crippen molar-refractivity contribution in [2.24, 2.45) is 11.8 Å². The van der Waals surface area contributed by atoms with Gasteiger partial charge in [-0.3, -0.25) is 0 Å². The number of phenols is 1. The van der Waals surface area contributed by atoms with Gasteiger partial charge in [-0.05, 0) is 43.2 Å². The van der Waals surface area contributed by atoms with Gasteiger partial charge in [-0.2, -0.15) is 0 Å². The largest absolute Gasteiger partial charge is 0.507 e. The molecule has 18 heavy (non-hydrogen) atoms. The molecule has 0 saturated heterocycles. The molecule has 2 bridgehead atoms. The molecule has 3 atom stereocenters. The smallest absolute Gasteiger partial charge is 0.244 e. The molecule has 0 radical (unpaired) electrons. The molecule has 3 rings (SSSR count). The van der Waals surface area contributed by atoms with E-state index in [9.17, 15) is 13.5 Å². The fourth-order valence-corrected chi connectivity index (χ4v) is 4.75. The summed E-state index contributed by atoms with van der Waals surface area (Å²) in [4.78, 5) is -0.0206. The van der Waals surface area contributed by atoms with Gasteiger partial charge in [0.05, 0.1) is 0 Å². The zero-order valence-electron chi connectivity index (χ0n) is 10.0. The standard InChI is InChI=1S/C13H17NO3S/c15-12-3-1-2-4-13(12)18(16,17)14-11-8-9-5-6-10(11)7-9/h1-4,9-11,14-15H,5-8H2. The Labute approximate surface area is 107 Å². The number of benzene rings is 1. The van der Waals surface area contributed by atoms with Gasteiger partial charge in [0.1, 0.15) is 10.6 Å². The molecule has 1 aromatic carbocycles. The average Bonchev–Trinajstić information content (AvgIpc) is 2.90. The summed E-state index contributed by atoms with van der Waals surface area (Å²) in [6.45, 7) is 0. The molecule has 0 spiro atoms. The molecule has 2 fully saturated rings. The maximum atomic E-state index is 12.2. The highest BCUT2D eigenvalue weighted by Crippen LogP contribution is 2.45. The Kier molecular flexibility index (Phi) is 2.83. The number of phenolic OH excluding ortho intramolecular Hbond substituents is 1. The van der Waals surface area contributed by atoms with Crippen LogP contribution >= 0.6 is 0 Å². The van der Waals surface area contributed by atoms with Crippen LogP contribution in [0.1, 0.15) is 25.7 Å². The van der Waals surface area contributed by atoms with Crippen LogP contribution in [0.15, 0.2) is 29.2 Å². The van der Waals surface area contributed by atoms with Crippen molar-refractivity contribution in [2.75, 3.05) is 0 Å². The van der Waals surface area contributed by atoms with Gasteiger partial charge in [0.25, 0.3) is 0 Å². The number of sulfonamides is 1. The van der Waals surface area contributed by atoms with Gasteiger partial charge in [-0.15, -0.1) is 0 Å². The summed E-state index contributed by atoms with van der Waals surface area (Å²) in [5.74, 6) is 0.982. The number of hydrogen-bond acceptors (Lipinski definition) is 3. The van der Waals surface area contributed by atoms with Crippen LogP contribution in [-0.4, -0.2) is 19.6 Å². The molecular weight excluding hydrogens is 250 g/mol. The fourth-order valence-electron chi connectivity index (χ4n) is 3.34. The van der Waals surface area contributed by atoms with Crippen molar-refractivity contribution >= 4 is 10.0 Å². The minimum atomic E-state index is -3.60. The molecule has 1 aromatic rings. The molecule has 0 heterocycles. The Morgan fingerprint density at radius 2 is 1.94 bits per heavy atom. The lowest BCUT2D eigenvalue weighted by atomic mass is 9.96. The highest BCUT2D eigenvalue weighted by atomic mass is 32.2. The summed E-state index contributed by atoms with van der Waals surface area (Å²) >= 11 is 0. The molecule has 5 heteroatoms. The number of aromatic hydroxyl groups is 1. The molecule has 98 valence electrons. The quantitative estimate of drug-likeness (QED) is 0.878. The van der Waals surface area contributed by atoms with E-state index in [-0.39, 0.29) is 16.7 Å². The Morgan fingerprint density at radius 3 is 2.56 bits per heavy atom. The second kappa shape index (κ2) is 4.24. The van der Waals surface area contributed by atoms with Crippen molar-refractivity contribution in [1.82, 2.24) is 4.72 Å². The van der Waals surface area contributed by atoms with Crippen LogP contribution in [0.3, 0.4) is 0 Å². The summed E-state index contributed by atoms with van der Waals surface area (Å²) in [5, 5.41) is 9.63. The second-order valence-corrected chi connectivity index (χ2v) is 7.05. The predicted molar refractivity (Wildman–Crippen MR) is 67.7 cm³/mol. The van der Waals surface area contributed by atoms with Crippen LogP contribution in [0, 0.1) is 11.8 Å². The molecule has 4 nitrogen and oxygen atoms in total. The first-order chi connectivity index (χ1) is 8.56. The molecule has 0 amide bonds. The van der Waals surface area contributed by atoms with E-state index in [0.717, 1.165) is 19.3 Å². The van der Waals surface area contributed by atoms with Crippen molar-refractivity contribution in [3.8, 4) is 5.75 Å².